The van der Waals surface area contributed by atoms with Gasteiger partial charge in [0.1, 0.15) is 5.66 Å². The lowest BCUT2D eigenvalue weighted by Crippen LogP contribution is -2.28. The molecule has 0 aliphatic rings. The van der Waals surface area contributed by atoms with Crippen LogP contribution in [0.4, 0.5) is 0 Å². The van der Waals surface area contributed by atoms with Gasteiger partial charge in [0.15, 0.2) is 0 Å². The Morgan fingerprint density at radius 2 is 1.83 bits per heavy atom. The van der Waals surface area contributed by atoms with Crippen LogP contribution in [0.15, 0.2) is 0 Å². The Labute approximate surface area is 115 Å². The Kier molecular flexibility index (Phi) is 8.48. The minimum Gasteiger partial charge on any atom is -0.466 e. The van der Waals surface area contributed by atoms with Crippen molar-refractivity contribution in [2.24, 2.45) is 0 Å². The van der Waals surface area contributed by atoms with Gasteiger partial charge in [0.2, 0.25) is 7.37 Å². The van der Waals surface area contributed by atoms with Crippen LogP contribution in [0.25, 0.3) is 0 Å². The van der Waals surface area contributed by atoms with E-state index in [1.54, 1.807) is 13.8 Å². The van der Waals surface area contributed by atoms with E-state index >= 15 is 0 Å². The fourth-order valence-corrected chi connectivity index (χ4v) is 4.20. The average Bonchev–Trinajstić information content (AvgIpc) is 2.26. The molecule has 0 amide bonds. The summed E-state index contributed by atoms with van der Waals surface area (Å²) in [5.74, 6) is -1.52. The van der Waals surface area contributed by atoms with Gasteiger partial charge in [-0.25, -0.2) is 0 Å². The average molecular weight is 345 g/mol. The summed E-state index contributed by atoms with van der Waals surface area (Å²) < 4.78 is 21.4. The van der Waals surface area contributed by atoms with Crippen LogP contribution < -0.4 is 0 Å². The highest BCUT2D eigenvalue weighted by atomic mass is 79.9. The molecule has 0 aliphatic carbocycles. The number of rotatable bonds is 8. The Hall–Kier alpha value is -0.390. The number of carbonyl (C=O) groups is 2. The molecule has 0 saturated heterocycles. The van der Waals surface area contributed by atoms with Crippen LogP contribution >= 0.6 is 23.3 Å². The van der Waals surface area contributed by atoms with E-state index in [4.69, 9.17) is 4.74 Å². The summed E-state index contributed by atoms with van der Waals surface area (Å²) >= 11 is 3.04. The van der Waals surface area contributed by atoms with Gasteiger partial charge in [-0.1, -0.05) is 15.9 Å². The first-order valence-electron chi connectivity index (χ1n) is 5.58. The lowest BCUT2D eigenvalue weighted by Gasteiger charge is -2.20. The molecule has 0 radical (unpaired) electrons. The molecule has 0 rings (SSSR count). The van der Waals surface area contributed by atoms with Crippen molar-refractivity contribution in [1.82, 2.24) is 0 Å². The number of ether oxygens (including phenoxy) is 2. The Morgan fingerprint density at radius 3 is 2.28 bits per heavy atom. The van der Waals surface area contributed by atoms with Crippen LogP contribution in [0.2, 0.25) is 0 Å². The van der Waals surface area contributed by atoms with E-state index in [9.17, 15) is 19.0 Å². The minimum atomic E-state index is -3.79. The van der Waals surface area contributed by atoms with Crippen molar-refractivity contribution in [1.29, 1.82) is 0 Å². The second-order valence-corrected chi connectivity index (χ2v) is 6.82. The van der Waals surface area contributed by atoms with Crippen molar-refractivity contribution < 1.29 is 28.5 Å². The largest absolute Gasteiger partial charge is 0.466 e. The van der Waals surface area contributed by atoms with Crippen LogP contribution in [0, 0.1) is 0 Å². The molecule has 0 fully saturated rings. The van der Waals surface area contributed by atoms with E-state index in [-0.39, 0.29) is 24.7 Å². The van der Waals surface area contributed by atoms with Crippen LogP contribution in [-0.2, 0) is 23.6 Å². The maximum Gasteiger partial charge on any atom is 0.319 e. The van der Waals surface area contributed by atoms with Crippen LogP contribution in [0.1, 0.15) is 20.3 Å². The number of hydrogen-bond acceptors (Lipinski definition) is 5. The minimum absolute atomic E-state index is 0.0898. The number of esters is 2. The van der Waals surface area contributed by atoms with Gasteiger partial charge in [0.25, 0.3) is 0 Å². The highest BCUT2D eigenvalue weighted by Crippen LogP contribution is 2.48. The summed E-state index contributed by atoms with van der Waals surface area (Å²) in [5.41, 5.74) is -1.35. The number of carbonyl (C=O) groups excluding carboxylic acids is 2. The second kappa shape index (κ2) is 8.67. The van der Waals surface area contributed by atoms with Crippen molar-refractivity contribution in [2.75, 3.05) is 24.7 Å². The fraction of sp³-hybridized carbons (Fsp3) is 0.800. The van der Waals surface area contributed by atoms with Gasteiger partial charge >= 0.3 is 11.9 Å². The zero-order chi connectivity index (χ0) is 14.2. The third-order valence-corrected chi connectivity index (χ3v) is 5.36. The first kappa shape index (κ1) is 17.6. The van der Waals surface area contributed by atoms with Gasteiger partial charge in [-0.3, -0.25) is 14.2 Å². The van der Waals surface area contributed by atoms with E-state index in [0.717, 1.165) is 0 Å². The predicted molar refractivity (Wildman–Crippen MR) is 70.2 cm³/mol. The van der Waals surface area contributed by atoms with Gasteiger partial charge in [0.05, 0.1) is 19.6 Å². The molecular formula is C10H18BrO6P. The second-order valence-electron chi connectivity index (χ2n) is 3.45. The van der Waals surface area contributed by atoms with Crippen LogP contribution in [0.5, 0.6) is 0 Å². The van der Waals surface area contributed by atoms with Crippen molar-refractivity contribution in [3.63, 3.8) is 0 Å². The van der Waals surface area contributed by atoms with Crippen LogP contribution in [0.3, 0.4) is 0 Å². The standard InChI is InChI=1S/C10H18BrO6P/c1-3-16-9(12)7-8(10(13)17-4-2)18(14,15)6-5-11/h8H,3-7H2,1-2H3,(H,14,15). The molecule has 6 nitrogen and oxygen atoms in total. The summed E-state index contributed by atoms with van der Waals surface area (Å²) in [6.07, 6.45) is -0.538. The first-order chi connectivity index (χ1) is 8.38. The van der Waals surface area contributed by atoms with Gasteiger partial charge in [-0.05, 0) is 13.8 Å². The third-order valence-electron chi connectivity index (χ3n) is 2.12. The molecule has 2 atom stereocenters. The molecule has 1 N–H and O–H groups in total. The molecule has 0 aromatic carbocycles. The zero-order valence-electron chi connectivity index (χ0n) is 10.4. The molecule has 106 valence electrons. The number of halogens is 1. The lowest BCUT2D eigenvalue weighted by molar-refractivity contribution is -0.149. The Morgan fingerprint density at radius 1 is 1.28 bits per heavy atom. The summed E-state index contributed by atoms with van der Waals surface area (Å²) in [6.45, 7) is 3.45. The Bertz CT molecular complexity index is 332. The molecule has 8 heteroatoms. The number of hydrogen-bond donors (Lipinski definition) is 1. The Balaban J connectivity index is 4.88. The van der Waals surface area contributed by atoms with Crippen molar-refractivity contribution in [2.45, 2.75) is 25.9 Å². The highest BCUT2D eigenvalue weighted by Gasteiger charge is 2.39. The fourth-order valence-electron chi connectivity index (χ4n) is 1.28. The van der Waals surface area contributed by atoms with Gasteiger partial charge < -0.3 is 14.4 Å². The molecule has 0 spiro atoms. The van der Waals surface area contributed by atoms with E-state index in [1.165, 1.54) is 0 Å². The predicted octanol–water partition coefficient (Wildman–Crippen LogP) is 1.54. The van der Waals surface area contributed by atoms with Crippen molar-refractivity contribution in [3.8, 4) is 0 Å². The first-order valence-corrected chi connectivity index (χ1v) is 8.62. The third kappa shape index (κ3) is 5.98. The normalized spacial score (nSPS) is 15.6. The summed E-state index contributed by atoms with van der Waals surface area (Å²) in [4.78, 5) is 32.8. The highest BCUT2D eigenvalue weighted by molar-refractivity contribution is 9.09. The molecule has 18 heavy (non-hydrogen) atoms. The summed E-state index contributed by atoms with van der Waals surface area (Å²) in [6, 6.07) is 0. The SMILES string of the molecule is CCOC(=O)CC(C(=O)OCC)P(=O)(O)CCBr. The van der Waals surface area contributed by atoms with Gasteiger partial charge in [0, 0.05) is 11.5 Å². The molecule has 0 aromatic heterocycles. The van der Waals surface area contributed by atoms with Crippen LogP contribution in [-0.4, -0.2) is 47.2 Å². The van der Waals surface area contributed by atoms with Gasteiger partial charge in [-0.15, -0.1) is 0 Å². The quantitative estimate of drug-likeness (QED) is 0.408. The van der Waals surface area contributed by atoms with Crippen molar-refractivity contribution in [3.05, 3.63) is 0 Å². The molecule has 0 saturated carbocycles. The maximum atomic E-state index is 12.0. The zero-order valence-corrected chi connectivity index (χ0v) is 12.9. The molecule has 2 unspecified atom stereocenters. The van der Waals surface area contributed by atoms with E-state index in [2.05, 4.69) is 20.7 Å². The summed E-state index contributed by atoms with van der Waals surface area (Å²) in [7, 11) is -3.79. The monoisotopic (exact) mass is 344 g/mol. The topological polar surface area (TPSA) is 89.9 Å². The van der Waals surface area contributed by atoms with E-state index < -0.39 is 31.4 Å². The molecule has 0 aromatic rings. The molecule has 0 bridgehead atoms. The van der Waals surface area contributed by atoms with Crippen molar-refractivity contribution >= 4 is 35.2 Å². The molecular weight excluding hydrogens is 327 g/mol. The lowest BCUT2D eigenvalue weighted by atomic mass is 10.3. The summed E-state index contributed by atoms with van der Waals surface area (Å²) in [5, 5.41) is 0.263. The number of alkyl halides is 1. The van der Waals surface area contributed by atoms with E-state index in [1.807, 2.05) is 0 Å². The van der Waals surface area contributed by atoms with Gasteiger partial charge in [-0.2, -0.15) is 0 Å². The van der Waals surface area contributed by atoms with E-state index in [0.29, 0.717) is 0 Å². The molecule has 0 heterocycles. The maximum absolute atomic E-state index is 12.0. The smallest absolute Gasteiger partial charge is 0.319 e. The molecule has 0 aliphatic heterocycles.